The lowest BCUT2D eigenvalue weighted by Crippen LogP contribution is -2.32. The summed E-state index contributed by atoms with van der Waals surface area (Å²) in [7, 11) is 0. The SMILES string of the molecule is O=C(ON1C(=O)CCC1=O)c1ccc(CCO)cc1. The van der Waals surface area contributed by atoms with Crippen LogP contribution in [0.4, 0.5) is 0 Å². The Balaban J connectivity index is 2.03. The van der Waals surface area contributed by atoms with Crippen molar-refractivity contribution in [1.82, 2.24) is 5.06 Å². The highest BCUT2D eigenvalue weighted by Crippen LogP contribution is 2.14. The maximum absolute atomic E-state index is 11.7. The molecule has 0 atom stereocenters. The molecular weight excluding hydrogens is 250 g/mol. The molecule has 6 heteroatoms. The van der Waals surface area contributed by atoms with E-state index in [0.29, 0.717) is 11.5 Å². The average molecular weight is 263 g/mol. The summed E-state index contributed by atoms with van der Waals surface area (Å²) in [6.07, 6.45) is 0.640. The molecule has 2 rings (SSSR count). The molecule has 1 aliphatic heterocycles. The predicted molar refractivity (Wildman–Crippen MR) is 63.7 cm³/mol. The molecule has 1 aliphatic rings. The van der Waals surface area contributed by atoms with Gasteiger partial charge < -0.3 is 9.94 Å². The second-order valence-corrected chi connectivity index (χ2v) is 4.13. The molecule has 0 aromatic heterocycles. The second kappa shape index (κ2) is 5.62. The lowest BCUT2D eigenvalue weighted by atomic mass is 10.1. The molecule has 6 nitrogen and oxygen atoms in total. The Bertz CT molecular complexity index is 492. The average Bonchev–Trinajstić information content (AvgIpc) is 2.72. The molecule has 2 amide bonds. The van der Waals surface area contributed by atoms with Crippen LogP contribution in [0.15, 0.2) is 24.3 Å². The number of nitrogens with zero attached hydrogens (tertiary/aromatic N) is 1. The van der Waals surface area contributed by atoms with Gasteiger partial charge in [0.2, 0.25) is 0 Å². The van der Waals surface area contributed by atoms with Crippen LogP contribution >= 0.6 is 0 Å². The summed E-state index contributed by atoms with van der Waals surface area (Å²) in [5, 5.41) is 9.29. The number of hydrogen-bond donors (Lipinski definition) is 1. The largest absolute Gasteiger partial charge is 0.396 e. The molecule has 1 fully saturated rings. The second-order valence-electron chi connectivity index (χ2n) is 4.13. The third-order valence-corrected chi connectivity index (χ3v) is 2.77. The first-order valence-corrected chi connectivity index (χ1v) is 5.89. The number of amides is 2. The van der Waals surface area contributed by atoms with E-state index in [9.17, 15) is 14.4 Å². The van der Waals surface area contributed by atoms with Crippen LogP contribution < -0.4 is 0 Å². The van der Waals surface area contributed by atoms with Gasteiger partial charge in [-0.3, -0.25) is 9.59 Å². The standard InChI is InChI=1S/C13H13NO5/c15-8-7-9-1-3-10(4-2-9)13(18)19-14-11(16)5-6-12(14)17/h1-4,15H,5-8H2. The Hall–Kier alpha value is -2.21. The smallest absolute Gasteiger partial charge is 0.363 e. The van der Waals surface area contributed by atoms with E-state index in [1.165, 1.54) is 12.1 Å². The third kappa shape index (κ3) is 2.97. The molecule has 0 saturated carbocycles. The molecule has 19 heavy (non-hydrogen) atoms. The molecule has 0 spiro atoms. The van der Waals surface area contributed by atoms with Crippen molar-refractivity contribution in [2.75, 3.05) is 6.61 Å². The van der Waals surface area contributed by atoms with E-state index in [1.54, 1.807) is 12.1 Å². The monoisotopic (exact) mass is 263 g/mol. The van der Waals surface area contributed by atoms with E-state index in [2.05, 4.69) is 0 Å². The molecular formula is C13H13NO5. The topological polar surface area (TPSA) is 83.9 Å². The molecule has 0 bridgehead atoms. The Kier molecular flexibility index (Phi) is 3.91. The number of benzene rings is 1. The molecule has 1 N–H and O–H groups in total. The fourth-order valence-corrected chi connectivity index (χ4v) is 1.73. The van der Waals surface area contributed by atoms with Crippen molar-refractivity contribution < 1.29 is 24.3 Å². The van der Waals surface area contributed by atoms with Crippen LogP contribution in [0.1, 0.15) is 28.8 Å². The number of imide groups is 1. The number of hydrogen-bond acceptors (Lipinski definition) is 5. The maximum atomic E-state index is 11.7. The molecule has 1 saturated heterocycles. The lowest BCUT2D eigenvalue weighted by Gasteiger charge is -2.12. The van der Waals surface area contributed by atoms with Crippen LogP contribution in [0.25, 0.3) is 0 Å². The van der Waals surface area contributed by atoms with Gasteiger partial charge in [-0.05, 0) is 24.1 Å². The molecule has 0 aliphatic carbocycles. The Morgan fingerprint density at radius 3 is 2.26 bits per heavy atom. The Labute approximate surface area is 109 Å². The fraction of sp³-hybridized carbons (Fsp3) is 0.308. The summed E-state index contributed by atoms with van der Waals surface area (Å²) in [6, 6.07) is 6.41. The minimum atomic E-state index is -0.751. The maximum Gasteiger partial charge on any atom is 0.363 e. The minimum Gasteiger partial charge on any atom is -0.396 e. The first kappa shape index (κ1) is 13.2. The van der Waals surface area contributed by atoms with Crippen molar-refractivity contribution in [3.63, 3.8) is 0 Å². The minimum absolute atomic E-state index is 0.0283. The summed E-state index contributed by atoms with van der Waals surface area (Å²) >= 11 is 0. The van der Waals surface area contributed by atoms with Crippen LogP contribution in [-0.2, 0) is 20.8 Å². The number of aliphatic hydroxyl groups excluding tert-OH is 1. The molecule has 100 valence electrons. The number of carbonyl (C=O) groups excluding carboxylic acids is 3. The number of rotatable bonds is 4. The van der Waals surface area contributed by atoms with E-state index < -0.39 is 17.8 Å². The van der Waals surface area contributed by atoms with Crippen molar-refractivity contribution in [3.8, 4) is 0 Å². The van der Waals surface area contributed by atoms with Crippen molar-refractivity contribution in [2.24, 2.45) is 0 Å². The van der Waals surface area contributed by atoms with Crippen LogP contribution in [-0.4, -0.2) is 34.6 Å². The zero-order valence-electron chi connectivity index (χ0n) is 10.2. The van der Waals surface area contributed by atoms with Crippen LogP contribution in [0.5, 0.6) is 0 Å². The van der Waals surface area contributed by atoms with Gasteiger partial charge >= 0.3 is 5.97 Å². The highest BCUT2D eigenvalue weighted by Gasteiger charge is 2.33. The van der Waals surface area contributed by atoms with Gasteiger partial charge in [-0.15, -0.1) is 5.06 Å². The summed E-state index contributed by atoms with van der Waals surface area (Å²) < 4.78 is 0. The zero-order valence-corrected chi connectivity index (χ0v) is 10.2. The first-order valence-electron chi connectivity index (χ1n) is 5.89. The number of aliphatic hydroxyl groups is 1. The highest BCUT2D eigenvalue weighted by molar-refractivity contribution is 6.02. The molecule has 0 radical (unpaired) electrons. The molecule has 1 heterocycles. The quantitative estimate of drug-likeness (QED) is 0.797. The van der Waals surface area contributed by atoms with Gasteiger partial charge in [0.15, 0.2) is 0 Å². The van der Waals surface area contributed by atoms with Crippen LogP contribution in [0.3, 0.4) is 0 Å². The Morgan fingerprint density at radius 2 is 1.74 bits per heavy atom. The molecule has 1 aromatic carbocycles. The number of hydroxylamine groups is 2. The molecule has 0 unspecified atom stereocenters. The van der Waals surface area contributed by atoms with Gasteiger partial charge in [0.05, 0.1) is 5.56 Å². The third-order valence-electron chi connectivity index (χ3n) is 2.77. The Morgan fingerprint density at radius 1 is 1.16 bits per heavy atom. The van der Waals surface area contributed by atoms with Crippen molar-refractivity contribution in [3.05, 3.63) is 35.4 Å². The summed E-state index contributed by atoms with van der Waals surface area (Å²) in [4.78, 5) is 39.1. The van der Waals surface area contributed by atoms with Crippen molar-refractivity contribution in [2.45, 2.75) is 19.3 Å². The van der Waals surface area contributed by atoms with E-state index >= 15 is 0 Å². The van der Waals surface area contributed by atoms with Gasteiger partial charge in [0, 0.05) is 19.4 Å². The van der Waals surface area contributed by atoms with Gasteiger partial charge in [-0.1, -0.05) is 12.1 Å². The number of carbonyl (C=O) groups is 3. The van der Waals surface area contributed by atoms with E-state index in [4.69, 9.17) is 9.94 Å². The van der Waals surface area contributed by atoms with Gasteiger partial charge in [0.1, 0.15) is 0 Å². The fourth-order valence-electron chi connectivity index (χ4n) is 1.73. The molecule has 1 aromatic rings. The first-order chi connectivity index (χ1) is 9.11. The van der Waals surface area contributed by atoms with Crippen molar-refractivity contribution >= 4 is 17.8 Å². The van der Waals surface area contributed by atoms with Crippen LogP contribution in [0, 0.1) is 0 Å². The van der Waals surface area contributed by atoms with Crippen LogP contribution in [0.2, 0.25) is 0 Å². The van der Waals surface area contributed by atoms with Gasteiger partial charge in [-0.2, -0.15) is 0 Å². The zero-order chi connectivity index (χ0) is 13.8. The van der Waals surface area contributed by atoms with E-state index in [1.807, 2.05) is 0 Å². The predicted octanol–water partition coefficient (Wildman–Crippen LogP) is 0.442. The summed E-state index contributed by atoms with van der Waals surface area (Å²) in [6.45, 7) is 0.0283. The summed E-state index contributed by atoms with van der Waals surface area (Å²) in [5.41, 5.74) is 1.13. The van der Waals surface area contributed by atoms with Gasteiger partial charge in [-0.25, -0.2) is 4.79 Å². The van der Waals surface area contributed by atoms with Crippen molar-refractivity contribution in [1.29, 1.82) is 0 Å². The normalized spacial score (nSPS) is 14.9. The van der Waals surface area contributed by atoms with Gasteiger partial charge in [0.25, 0.3) is 11.8 Å². The summed E-state index contributed by atoms with van der Waals surface area (Å²) in [5.74, 6) is -1.76. The van der Waals surface area contributed by atoms with E-state index in [0.717, 1.165) is 5.56 Å². The lowest BCUT2D eigenvalue weighted by molar-refractivity contribution is -0.172. The highest BCUT2D eigenvalue weighted by atomic mass is 16.7. The van der Waals surface area contributed by atoms with E-state index in [-0.39, 0.29) is 25.0 Å².